The maximum atomic E-state index is 8.65. The second-order valence-corrected chi connectivity index (χ2v) is 3.74. The van der Waals surface area contributed by atoms with Gasteiger partial charge in [-0.3, -0.25) is 0 Å². The number of anilines is 1. The predicted octanol–water partition coefficient (Wildman–Crippen LogP) is 1.95. The lowest BCUT2D eigenvalue weighted by Crippen LogP contribution is -2.30. The van der Waals surface area contributed by atoms with Gasteiger partial charge in [-0.05, 0) is 26.3 Å². The zero-order chi connectivity index (χ0) is 10.6. The fourth-order valence-corrected chi connectivity index (χ4v) is 0.872. The van der Waals surface area contributed by atoms with Gasteiger partial charge in [-0.2, -0.15) is 5.26 Å². The Bertz CT molecular complexity index is 351. The minimum atomic E-state index is -0.0475. The van der Waals surface area contributed by atoms with Gasteiger partial charge < -0.3 is 5.32 Å². The van der Waals surface area contributed by atoms with Gasteiger partial charge in [0.1, 0.15) is 11.8 Å². The fraction of sp³-hybridized carbons (Fsp3) is 0.500. The van der Waals surface area contributed by atoms with Crippen molar-refractivity contribution in [1.82, 2.24) is 9.97 Å². The zero-order valence-corrected chi connectivity index (χ0v) is 8.70. The molecular formula is C10H14N4. The molecule has 0 amide bonds. The monoisotopic (exact) mass is 190 g/mol. The van der Waals surface area contributed by atoms with E-state index in [0.717, 1.165) is 6.42 Å². The lowest BCUT2D eigenvalue weighted by Gasteiger charge is -2.24. The first-order valence-corrected chi connectivity index (χ1v) is 4.59. The number of hydrogen-bond acceptors (Lipinski definition) is 4. The van der Waals surface area contributed by atoms with Crippen LogP contribution in [-0.2, 0) is 0 Å². The Hall–Kier alpha value is -1.63. The molecule has 0 spiro atoms. The summed E-state index contributed by atoms with van der Waals surface area (Å²) in [6.45, 7) is 6.21. The van der Waals surface area contributed by atoms with Crippen molar-refractivity contribution in [2.45, 2.75) is 32.7 Å². The van der Waals surface area contributed by atoms with E-state index in [9.17, 15) is 0 Å². The maximum Gasteiger partial charge on any atom is 0.224 e. The van der Waals surface area contributed by atoms with Gasteiger partial charge in [0.15, 0.2) is 0 Å². The third-order valence-electron chi connectivity index (χ3n) is 2.10. The molecule has 0 aromatic carbocycles. The van der Waals surface area contributed by atoms with E-state index >= 15 is 0 Å². The van der Waals surface area contributed by atoms with Gasteiger partial charge in [-0.1, -0.05) is 6.92 Å². The highest BCUT2D eigenvalue weighted by Gasteiger charge is 2.15. The zero-order valence-electron chi connectivity index (χ0n) is 8.70. The molecule has 14 heavy (non-hydrogen) atoms. The standard InChI is InChI=1S/C10H14N4/c1-4-10(2,3)14-9-12-6-5-8(7-11)13-9/h5-6H,4H2,1-3H3,(H,12,13,14). The molecule has 0 aliphatic rings. The number of nitriles is 1. The molecule has 0 saturated heterocycles. The Balaban J connectivity index is 2.83. The van der Waals surface area contributed by atoms with Crippen LogP contribution in [0.15, 0.2) is 12.3 Å². The summed E-state index contributed by atoms with van der Waals surface area (Å²) in [6, 6.07) is 3.57. The normalized spacial score (nSPS) is 10.7. The molecule has 0 bridgehead atoms. The SMILES string of the molecule is CCC(C)(C)Nc1nccc(C#N)n1. The largest absolute Gasteiger partial charge is 0.349 e. The van der Waals surface area contributed by atoms with Crippen molar-refractivity contribution in [1.29, 1.82) is 5.26 Å². The first kappa shape index (κ1) is 10.5. The molecule has 74 valence electrons. The minimum absolute atomic E-state index is 0.0475. The van der Waals surface area contributed by atoms with E-state index in [-0.39, 0.29) is 5.54 Å². The topological polar surface area (TPSA) is 61.6 Å². The van der Waals surface area contributed by atoms with Crippen molar-refractivity contribution in [3.63, 3.8) is 0 Å². The van der Waals surface area contributed by atoms with Gasteiger partial charge in [-0.15, -0.1) is 0 Å². The van der Waals surface area contributed by atoms with Crippen molar-refractivity contribution in [3.8, 4) is 6.07 Å². The number of nitrogens with zero attached hydrogens (tertiary/aromatic N) is 3. The number of hydrogen-bond donors (Lipinski definition) is 1. The second kappa shape index (κ2) is 4.05. The molecule has 1 N–H and O–H groups in total. The van der Waals surface area contributed by atoms with Crippen LogP contribution in [0.5, 0.6) is 0 Å². The summed E-state index contributed by atoms with van der Waals surface area (Å²) in [6.07, 6.45) is 2.55. The Labute approximate surface area is 84.0 Å². The van der Waals surface area contributed by atoms with Crippen LogP contribution in [0, 0.1) is 11.3 Å². The molecule has 1 aromatic rings. The summed E-state index contributed by atoms with van der Waals surface area (Å²) in [5.41, 5.74) is 0.336. The smallest absolute Gasteiger partial charge is 0.224 e. The van der Waals surface area contributed by atoms with Crippen LogP contribution in [-0.4, -0.2) is 15.5 Å². The van der Waals surface area contributed by atoms with E-state index in [1.54, 1.807) is 12.3 Å². The average Bonchev–Trinajstić information content (AvgIpc) is 2.17. The third-order valence-corrected chi connectivity index (χ3v) is 2.10. The van der Waals surface area contributed by atoms with Crippen LogP contribution in [0.3, 0.4) is 0 Å². The molecule has 0 radical (unpaired) electrons. The van der Waals surface area contributed by atoms with E-state index in [4.69, 9.17) is 5.26 Å². The van der Waals surface area contributed by atoms with Gasteiger partial charge in [0.05, 0.1) is 0 Å². The van der Waals surface area contributed by atoms with Crippen molar-refractivity contribution < 1.29 is 0 Å². The molecule has 0 fully saturated rings. The van der Waals surface area contributed by atoms with Crippen molar-refractivity contribution in [2.75, 3.05) is 5.32 Å². The molecule has 1 heterocycles. The molecular weight excluding hydrogens is 176 g/mol. The van der Waals surface area contributed by atoms with Gasteiger partial charge >= 0.3 is 0 Å². The fourth-order valence-electron chi connectivity index (χ4n) is 0.872. The van der Waals surface area contributed by atoms with E-state index in [1.165, 1.54) is 0 Å². The Morgan fingerprint density at radius 2 is 2.29 bits per heavy atom. The van der Waals surface area contributed by atoms with Gasteiger partial charge in [-0.25, -0.2) is 9.97 Å². The lowest BCUT2D eigenvalue weighted by molar-refractivity contribution is 0.542. The Kier molecular flexibility index (Phi) is 3.03. The van der Waals surface area contributed by atoms with E-state index in [1.807, 2.05) is 6.07 Å². The highest BCUT2D eigenvalue weighted by atomic mass is 15.1. The van der Waals surface area contributed by atoms with Crippen molar-refractivity contribution in [2.24, 2.45) is 0 Å². The highest BCUT2D eigenvalue weighted by molar-refractivity contribution is 5.32. The Morgan fingerprint density at radius 3 is 2.86 bits per heavy atom. The van der Waals surface area contributed by atoms with Gasteiger partial charge in [0.2, 0.25) is 5.95 Å². The summed E-state index contributed by atoms with van der Waals surface area (Å²) in [4.78, 5) is 8.09. The minimum Gasteiger partial charge on any atom is -0.349 e. The quantitative estimate of drug-likeness (QED) is 0.791. The molecule has 4 nitrogen and oxygen atoms in total. The number of nitrogens with one attached hydrogen (secondary N) is 1. The third kappa shape index (κ3) is 2.70. The van der Waals surface area contributed by atoms with Crippen LogP contribution in [0.25, 0.3) is 0 Å². The van der Waals surface area contributed by atoms with Crippen LogP contribution in [0.2, 0.25) is 0 Å². The maximum absolute atomic E-state index is 8.65. The van der Waals surface area contributed by atoms with E-state index < -0.39 is 0 Å². The lowest BCUT2D eigenvalue weighted by atomic mass is 10.0. The van der Waals surface area contributed by atoms with Crippen LogP contribution in [0.4, 0.5) is 5.95 Å². The van der Waals surface area contributed by atoms with Gasteiger partial charge in [0.25, 0.3) is 0 Å². The molecule has 0 aliphatic carbocycles. The first-order valence-electron chi connectivity index (χ1n) is 4.59. The van der Waals surface area contributed by atoms with Crippen molar-refractivity contribution >= 4 is 5.95 Å². The Morgan fingerprint density at radius 1 is 1.57 bits per heavy atom. The molecule has 1 aromatic heterocycles. The summed E-state index contributed by atoms with van der Waals surface area (Å²) in [5, 5.41) is 11.8. The summed E-state index contributed by atoms with van der Waals surface area (Å²) >= 11 is 0. The first-order chi connectivity index (χ1) is 6.57. The summed E-state index contributed by atoms with van der Waals surface area (Å²) < 4.78 is 0. The molecule has 1 rings (SSSR count). The summed E-state index contributed by atoms with van der Waals surface area (Å²) in [7, 11) is 0. The van der Waals surface area contributed by atoms with Crippen LogP contribution >= 0.6 is 0 Å². The molecule has 0 unspecified atom stereocenters. The predicted molar refractivity (Wildman–Crippen MR) is 54.7 cm³/mol. The van der Waals surface area contributed by atoms with Crippen molar-refractivity contribution in [3.05, 3.63) is 18.0 Å². The molecule has 0 aliphatic heterocycles. The average molecular weight is 190 g/mol. The number of aromatic nitrogens is 2. The second-order valence-electron chi connectivity index (χ2n) is 3.74. The van der Waals surface area contributed by atoms with Crippen LogP contribution in [0.1, 0.15) is 32.9 Å². The van der Waals surface area contributed by atoms with Gasteiger partial charge in [0, 0.05) is 11.7 Å². The highest BCUT2D eigenvalue weighted by Crippen LogP contribution is 2.13. The molecule has 0 saturated carbocycles. The van der Waals surface area contributed by atoms with Crippen LogP contribution < -0.4 is 5.32 Å². The van der Waals surface area contributed by atoms with E-state index in [0.29, 0.717) is 11.6 Å². The summed E-state index contributed by atoms with van der Waals surface area (Å²) in [5.74, 6) is 0.510. The molecule has 4 heteroatoms. The van der Waals surface area contributed by atoms with E-state index in [2.05, 4.69) is 36.1 Å². The molecule has 0 atom stereocenters. The number of rotatable bonds is 3.